The van der Waals surface area contributed by atoms with Crippen molar-refractivity contribution in [2.24, 2.45) is 5.41 Å². The number of carbonyl (C=O) groups is 3. The number of benzene rings is 1. The molecule has 2 amide bonds. The Morgan fingerprint density at radius 3 is 2.62 bits per heavy atom. The maximum Gasteiger partial charge on any atom is 0.242 e. The Balaban J connectivity index is 0.00000161. The first kappa shape index (κ1) is 16.3. The van der Waals surface area contributed by atoms with Crippen LogP contribution < -0.4 is 10.2 Å². The maximum atomic E-state index is 12.4. The van der Waals surface area contributed by atoms with Crippen LogP contribution in [0, 0.1) is 12.5 Å². The van der Waals surface area contributed by atoms with E-state index in [1.807, 2.05) is 24.3 Å². The van der Waals surface area contributed by atoms with Crippen LogP contribution in [0.15, 0.2) is 24.3 Å². The van der Waals surface area contributed by atoms with E-state index in [1.165, 1.54) is 0 Å². The molecular formula is C15H15N2O3Y-. The molecule has 1 spiro atoms. The van der Waals surface area contributed by atoms with Crippen LogP contribution in [0.1, 0.15) is 18.9 Å². The van der Waals surface area contributed by atoms with Crippen molar-refractivity contribution in [3.05, 3.63) is 36.9 Å². The molecule has 2 aliphatic rings. The number of amides is 2. The van der Waals surface area contributed by atoms with Crippen LogP contribution in [-0.4, -0.2) is 23.6 Å². The number of piperidine rings is 1. The Kier molecular flexibility index (Phi) is 4.36. The van der Waals surface area contributed by atoms with Crippen LogP contribution >= 0.6 is 0 Å². The molecule has 1 aromatic carbocycles. The summed E-state index contributed by atoms with van der Waals surface area (Å²) in [5.74, 6) is -1.34. The topological polar surface area (TPSA) is 66.5 Å². The third-order valence-electron chi connectivity index (χ3n) is 4.43. The number of imide groups is 1. The van der Waals surface area contributed by atoms with Crippen molar-refractivity contribution in [2.75, 3.05) is 4.90 Å². The zero-order chi connectivity index (χ0) is 14.5. The maximum absolute atomic E-state index is 12.4. The molecule has 1 N–H and O–H groups in total. The molecule has 2 unspecified atom stereocenters. The van der Waals surface area contributed by atoms with Gasteiger partial charge in [-0.2, -0.15) is 0 Å². The van der Waals surface area contributed by atoms with E-state index < -0.39 is 23.3 Å². The van der Waals surface area contributed by atoms with Crippen molar-refractivity contribution in [1.29, 1.82) is 0 Å². The molecule has 0 saturated carbocycles. The molecule has 5 nitrogen and oxygen atoms in total. The molecule has 1 radical (unpaired) electrons. The average Bonchev–Trinajstić information content (AvgIpc) is 2.41. The molecule has 0 aliphatic carbocycles. The molecule has 1 aromatic rings. The molecule has 2 atom stereocenters. The Morgan fingerprint density at radius 1 is 1.29 bits per heavy atom. The molecule has 21 heavy (non-hydrogen) atoms. The fourth-order valence-corrected chi connectivity index (χ4v) is 3.18. The number of rotatable bonds is 0. The van der Waals surface area contributed by atoms with Gasteiger partial charge in [0.05, 0.1) is 6.42 Å². The summed E-state index contributed by atoms with van der Waals surface area (Å²) in [6.07, 6.45) is 0.0698. The standard InChI is InChI=1S/C15H15N2O3.Y/c1-9-15(12(18)7-13(19)16-14(15)20)8-10-5-3-4-6-11(10)17(9)2;/h3-6,9H,2,7-8H2,1H3,(H,16,19,20);/q-1;. The van der Waals surface area contributed by atoms with Gasteiger partial charge in [0.25, 0.3) is 0 Å². The van der Waals surface area contributed by atoms with E-state index in [-0.39, 0.29) is 44.9 Å². The molecule has 0 bridgehead atoms. The number of hydrogen-bond donors (Lipinski definition) is 1. The van der Waals surface area contributed by atoms with E-state index >= 15 is 0 Å². The van der Waals surface area contributed by atoms with Crippen molar-refractivity contribution in [3.63, 3.8) is 0 Å². The van der Waals surface area contributed by atoms with E-state index in [9.17, 15) is 14.4 Å². The Hall–Kier alpha value is -1.07. The van der Waals surface area contributed by atoms with Gasteiger partial charge < -0.3 is 4.90 Å². The molecule has 2 aliphatic heterocycles. The second-order valence-electron chi connectivity index (χ2n) is 5.40. The SMILES string of the molecule is [CH2-]N1c2ccccc2CC2(C(=O)CC(=O)NC2=O)C1C.[Y]. The van der Waals surface area contributed by atoms with Gasteiger partial charge in [-0.05, 0) is 25.0 Å². The minimum atomic E-state index is -1.22. The zero-order valence-corrected chi connectivity index (χ0v) is 14.6. The molecule has 0 aromatic heterocycles. The Morgan fingerprint density at radius 2 is 1.95 bits per heavy atom. The van der Waals surface area contributed by atoms with E-state index in [0.717, 1.165) is 11.3 Å². The number of nitrogens with zero attached hydrogens (tertiary/aromatic N) is 1. The van der Waals surface area contributed by atoms with E-state index in [1.54, 1.807) is 11.8 Å². The summed E-state index contributed by atoms with van der Waals surface area (Å²) in [4.78, 5) is 37.8. The number of Topliss-reactive ketones (excluding diaryl/α,β-unsaturated/α-hetero) is 1. The number of carbonyl (C=O) groups excluding carboxylic acids is 3. The van der Waals surface area contributed by atoms with Gasteiger partial charge in [0.1, 0.15) is 5.41 Å². The van der Waals surface area contributed by atoms with Crippen molar-refractivity contribution in [3.8, 4) is 0 Å². The molecule has 6 heteroatoms. The number of hydrogen-bond acceptors (Lipinski definition) is 4. The van der Waals surface area contributed by atoms with Crippen LogP contribution in [0.3, 0.4) is 0 Å². The first-order valence-corrected chi connectivity index (χ1v) is 6.52. The largest absolute Gasteiger partial charge is 0.522 e. The quantitative estimate of drug-likeness (QED) is 0.423. The number of nitrogens with one attached hydrogen (secondary N) is 1. The van der Waals surface area contributed by atoms with Crippen LogP contribution in [0.4, 0.5) is 5.69 Å². The van der Waals surface area contributed by atoms with Crippen LogP contribution in [-0.2, 0) is 53.5 Å². The Labute approximate surface area is 148 Å². The summed E-state index contributed by atoms with van der Waals surface area (Å²) >= 11 is 0. The van der Waals surface area contributed by atoms with Gasteiger partial charge in [-0.3, -0.25) is 26.7 Å². The normalized spacial score (nSPS) is 28.0. The second kappa shape index (κ2) is 5.61. The number of para-hydroxylation sites is 1. The monoisotopic (exact) mass is 360 g/mol. The fourth-order valence-electron chi connectivity index (χ4n) is 3.18. The van der Waals surface area contributed by atoms with E-state index in [2.05, 4.69) is 12.4 Å². The number of fused-ring (bicyclic) bond motifs is 1. The van der Waals surface area contributed by atoms with Crippen LogP contribution in [0.2, 0.25) is 0 Å². The minimum absolute atomic E-state index is 0. The molecule has 1 fully saturated rings. The molecule has 1 saturated heterocycles. The van der Waals surface area contributed by atoms with Crippen molar-refractivity contribution >= 4 is 23.3 Å². The van der Waals surface area contributed by atoms with Gasteiger partial charge in [-0.15, -0.1) is 0 Å². The Bertz CT molecular complexity index is 609. The van der Waals surface area contributed by atoms with Gasteiger partial charge >= 0.3 is 0 Å². The molecule has 2 heterocycles. The summed E-state index contributed by atoms with van der Waals surface area (Å²) in [6.45, 7) is 1.80. The number of anilines is 1. The smallest absolute Gasteiger partial charge is 0.242 e. The first-order valence-electron chi connectivity index (χ1n) is 6.52. The molecule has 3 rings (SSSR count). The average molecular weight is 360 g/mol. The second-order valence-corrected chi connectivity index (χ2v) is 5.40. The molecular weight excluding hydrogens is 345 g/mol. The minimum Gasteiger partial charge on any atom is -0.522 e. The predicted octanol–water partition coefficient (Wildman–Crippen LogP) is 0.829. The summed E-state index contributed by atoms with van der Waals surface area (Å²) in [6, 6.07) is 7.18. The van der Waals surface area contributed by atoms with Crippen molar-refractivity contribution in [1.82, 2.24) is 5.32 Å². The van der Waals surface area contributed by atoms with Gasteiger partial charge in [-0.1, -0.05) is 18.2 Å². The number of ketones is 1. The predicted molar refractivity (Wildman–Crippen MR) is 72.7 cm³/mol. The van der Waals surface area contributed by atoms with Gasteiger partial charge in [-0.25, -0.2) is 0 Å². The summed E-state index contributed by atoms with van der Waals surface area (Å²) in [5.41, 5.74) is 0.603. The summed E-state index contributed by atoms with van der Waals surface area (Å²) in [5, 5.41) is 2.30. The zero-order valence-electron chi connectivity index (χ0n) is 11.8. The third-order valence-corrected chi connectivity index (χ3v) is 4.43. The van der Waals surface area contributed by atoms with Crippen molar-refractivity contribution in [2.45, 2.75) is 25.8 Å². The first-order chi connectivity index (χ1) is 9.46. The third kappa shape index (κ3) is 2.27. The van der Waals surface area contributed by atoms with E-state index in [4.69, 9.17) is 0 Å². The fraction of sp³-hybridized carbons (Fsp3) is 0.333. The summed E-state index contributed by atoms with van der Waals surface area (Å²) in [7, 11) is 3.97. The van der Waals surface area contributed by atoms with Crippen molar-refractivity contribution < 1.29 is 47.1 Å². The molecule has 107 valence electrons. The van der Waals surface area contributed by atoms with Gasteiger partial charge in [0.2, 0.25) is 11.8 Å². The van der Waals surface area contributed by atoms with Crippen LogP contribution in [0.25, 0.3) is 0 Å². The van der Waals surface area contributed by atoms with Gasteiger partial charge in [0.15, 0.2) is 5.78 Å². The van der Waals surface area contributed by atoms with Crippen LogP contribution in [0.5, 0.6) is 0 Å². The summed E-state index contributed by atoms with van der Waals surface area (Å²) < 4.78 is 0. The van der Waals surface area contributed by atoms with Gasteiger partial charge in [0, 0.05) is 44.4 Å². The van der Waals surface area contributed by atoms with E-state index in [0.29, 0.717) is 6.42 Å².